The molecule has 1 N–H and O–H groups in total. The van der Waals surface area contributed by atoms with Crippen LogP contribution in [0.5, 0.6) is 5.75 Å². The number of carbonyl (C=O) groups excluding carboxylic acids is 1. The topological polar surface area (TPSA) is 81.9 Å². The van der Waals surface area contributed by atoms with Crippen molar-refractivity contribution in [1.82, 2.24) is 25.3 Å². The van der Waals surface area contributed by atoms with Crippen molar-refractivity contribution >= 4 is 28.8 Å². The van der Waals surface area contributed by atoms with Gasteiger partial charge in [0.1, 0.15) is 21.3 Å². The molecular formula is C22H20ClN5O2S. The number of methoxy groups -OCH3 is 1. The third-order valence-electron chi connectivity index (χ3n) is 4.78. The van der Waals surface area contributed by atoms with E-state index in [0.29, 0.717) is 32.8 Å². The van der Waals surface area contributed by atoms with Gasteiger partial charge in [0, 0.05) is 11.6 Å². The average molecular weight is 454 g/mol. The van der Waals surface area contributed by atoms with E-state index >= 15 is 0 Å². The van der Waals surface area contributed by atoms with Gasteiger partial charge in [0.05, 0.1) is 24.2 Å². The predicted molar refractivity (Wildman–Crippen MR) is 121 cm³/mol. The summed E-state index contributed by atoms with van der Waals surface area (Å²) in [5.41, 5.74) is 3.99. The molecule has 0 radical (unpaired) electrons. The molecule has 158 valence electrons. The normalized spacial score (nSPS) is 10.8. The Morgan fingerprint density at radius 3 is 2.52 bits per heavy atom. The van der Waals surface area contributed by atoms with Crippen molar-refractivity contribution in [2.24, 2.45) is 0 Å². The van der Waals surface area contributed by atoms with Crippen LogP contribution in [0.15, 0.2) is 48.5 Å². The summed E-state index contributed by atoms with van der Waals surface area (Å²) < 4.78 is 6.95. The number of aryl methyl sites for hydroxylation is 1. The number of halogens is 1. The minimum atomic E-state index is -0.170. The van der Waals surface area contributed by atoms with E-state index < -0.39 is 0 Å². The van der Waals surface area contributed by atoms with Gasteiger partial charge in [-0.15, -0.1) is 16.4 Å². The van der Waals surface area contributed by atoms with Gasteiger partial charge in [0.15, 0.2) is 0 Å². The Hall–Kier alpha value is -3.23. The summed E-state index contributed by atoms with van der Waals surface area (Å²) in [6.45, 7) is 4.16. The third kappa shape index (κ3) is 4.45. The molecule has 0 unspecified atom stereocenters. The minimum absolute atomic E-state index is 0.170. The highest BCUT2D eigenvalue weighted by Gasteiger charge is 2.20. The summed E-state index contributed by atoms with van der Waals surface area (Å²) >= 11 is 7.21. The first-order valence-electron chi connectivity index (χ1n) is 9.53. The second-order valence-corrected chi connectivity index (χ2v) is 8.31. The summed E-state index contributed by atoms with van der Waals surface area (Å²) in [7, 11) is 1.63. The Morgan fingerprint density at radius 1 is 1.13 bits per heavy atom. The lowest BCUT2D eigenvalue weighted by Gasteiger charge is -2.05. The van der Waals surface area contributed by atoms with Gasteiger partial charge in [-0.1, -0.05) is 28.9 Å². The van der Waals surface area contributed by atoms with Crippen molar-refractivity contribution in [3.63, 3.8) is 0 Å². The SMILES string of the molecule is COc1ccc(-n2nnc(-c3nc(C)c(C(=O)NCc4ccc(Cl)cc4)s3)c2C)cc1. The highest BCUT2D eigenvalue weighted by atomic mass is 35.5. The molecule has 1 amide bonds. The molecule has 2 heterocycles. The first-order valence-corrected chi connectivity index (χ1v) is 10.7. The van der Waals surface area contributed by atoms with Gasteiger partial charge in [-0.3, -0.25) is 4.79 Å². The largest absolute Gasteiger partial charge is 0.497 e. The zero-order chi connectivity index (χ0) is 22.0. The number of aromatic nitrogens is 4. The molecule has 0 spiro atoms. The number of benzene rings is 2. The zero-order valence-corrected chi connectivity index (χ0v) is 18.8. The fraction of sp³-hybridized carbons (Fsp3) is 0.182. The second kappa shape index (κ2) is 8.87. The van der Waals surface area contributed by atoms with Crippen LogP contribution in [0.4, 0.5) is 0 Å². The molecule has 0 aliphatic rings. The monoisotopic (exact) mass is 453 g/mol. The Balaban J connectivity index is 1.53. The highest BCUT2D eigenvalue weighted by Crippen LogP contribution is 2.29. The van der Waals surface area contributed by atoms with Crippen molar-refractivity contribution < 1.29 is 9.53 Å². The molecule has 2 aromatic heterocycles. The smallest absolute Gasteiger partial charge is 0.263 e. The summed E-state index contributed by atoms with van der Waals surface area (Å²) in [5.74, 6) is 0.600. The van der Waals surface area contributed by atoms with Gasteiger partial charge in [0.2, 0.25) is 0 Å². The molecule has 7 nitrogen and oxygen atoms in total. The van der Waals surface area contributed by atoms with E-state index in [1.54, 1.807) is 23.9 Å². The highest BCUT2D eigenvalue weighted by molar-refractivity contribution is 7.17. The van der Waals surface area contributed by atoms with Crippen LogP contribution >= 0.6 is 22.9 Å². The number of ether oxygens (including phenoxy) is 1. The van der Waals surface area contributed by atoms with Gasteiger partial charge >= 0.3 is 0 Å². The summed E-state index contributed by atoms with van der Waals surface area (Å²) in [6.07, 6.45) is 0. The van der Waals surface area contributed by atoms with E-state index in [1.807, 2.05) is 50.2 Å². The van der Waals surface area contributed by atoms with Gasteiger partial charge < -0.3 is 10.1 Å². The lowest BCUT2D eigenvalue weighted by molar-refractivity contribution is 0.0954. The van der Waals surface area contributed by atoms with Crippen LogP contribution in [0, 0.1) is 13.8 Å². The number of nitrogens with one attached hydrogen (secondary N) is 1. The molecule has 31 heavy (non-hydrogen) atoms. The number of nitrogens with zero attached hydrogens (tertiary/aromatic N) is 4. The summed E-state index contributed by atoms with van der Waals surface area (Å²) in [5, 5.41) is 12.8. The van der Waals surface area contributed by atoms with E-state index in [0.717, 1.165) is 22.7 Å². The van der Waals surface area contributed by atoms with E-state index in [2.05, 4.69) is 20.6 Å². The molecule has 2 aromatic carbocycles. The van der Waals surface area contributed by atoms with E-state index in [1.165, 1.54) is 11.3 Å². The van der Waals surface area contributed by atoms with Crippen molar-refractivity contribution in [3.8, 4) is 22.1 Å². The van der Waals surface area contributed by atoms with Gasteiger partial charge in [-0.25, -0.2) is 9.67 Å². The number of thiazole rings is 1. The minimum Gasteiger partial charge on any atom is -0.497 e. The van der Waals surface area contributed by atoms with Gasteiger partial charge in [-0.05, 0) is 55.8 Å². The van der Waals surface area contributed by atoms with Crippen molar-refractivity contribution in [1.29, 1.82) is 0 Å². The van der Waals surface area contributed by atoms with Crippen LogP contribution in [0.1, 0.15) is 26.6 Å². The number of carbonyl (C=O) groups is 1. The molecule has 0 saturated carbocycles. The maximum atomic E-state index is 12.7. The predicted octanol–water partition coefficient (Wildman–Crippen LogP) is 4.60. The Bertz CT molecular complexity index is 1220. The number of rotatable bonds is 6. The van der Waals surface area contributed by atoms with Gasteiger partial charge in [0.25, 0.3) is 5.91 Å². The standard InChI is InChI=1S/C22H20ClN5O2S/c1-13-20(21(29)24-12-15-4-6-16(23)7-5-15)31-22(25-13)19-14(2)28(27-26-19)17-8-10-18(30-3)11-9-17/h4-11H,12H2,1-3H3,(H,24,29). The van der Waals surface area contributed by atoms with Crippen LogP contribution in [0.2, 0.25) is 5.02 Å². The molecule has 4 rings (SSSR count). The van der Waals surface area contributed by atoms with E-state index in [4.69, 9.17) is 16.3 Å². The molecule has 0 bridgehead atoms. The maximum absolute atomic E-state index is 12.7. The first kappa shape index (κ1) is 21.0. The van der Waals surface area contributed by atoms with Crippen LogP contribution in [-0.4, -0.2) is 33.0 Å². The summed E-state index contributed by atoms with van der Waals surface area (Å²) in [6, 6.07) is 14.9. The van der Waals surface area contributed by atoms with Gasteiger partial charge in [-0.2, -0.15) is 0 Å². The van der Waals surface area contributed by atoms with E-state index in [9.17, 15) is 4.79 Å². The van der Waals surface area contributed by atoms with Crippen LogP contribution < -0.4 is 10.1 Å². The summed E-state index contributed by atoms with van der Waals surface area (Å²) in [4.78, 5) is 17.8. The molecular weight excluding hydrogens is 434 g/mol. The first-order chi connectivity index (χ1) is 15.0. The molecule has 4 aromatic rings. The van der Waals surface area contributed by atoms with Crippen molar-refractivity contribution in [3.05, 3.63) is 75.4 Å². The lowest BCUT2D eigenvalue weighted by Crippen LogP contribution is -2.22. The van der Waals surface area contributed by atoms with E-state index in [-0.39, 0.29) is 5.91 Å². The fourth-order valence-corrected chi connectivity index (χ4v) is 4.21. The quantitative estimate of drug-likeness (QED) is 0.461. The van der Waals surface area contributed by atoms with Crippen molar-refractivity contribution in [2.45, 2.75) is 20.4 Å². The third-order valence-corrected chi connectivity index (χ3v) is 6.20. The molecule has 0 fully saturated rings. The molecule has 0 aliphatic heterocycles. The number of amides is 1. The molecule has 0 aliphatic carbocycles. The molecule has 9 heteroatoms. The molecule has 0 atom stereocenters. The molecule has 0 saturated heterocycles. The number of hydrogen-bond donors (Lipinski definition) is 1. The van der Waals surface area contributed by atoms with Crippen LogP contribution in [0.25, 0.3) is 16.4 Å². The van der Waals surface area contributed by atoms with Crippen LogP contribution in [0.3, 0.4) is 0 Å². The Labute approximate surface area is 188 Å². The Morgan fingerprint density at radius 2 is 1.84 bits per heavy atom. The van der Waals surface area contributed by atoms with Crippen LogP contribution in [-0.2, 0) is 6.54 Å². The second-order valence-electron chi connectivity index (χ2n) is 6.88. The van der Waals surface area contributed by atoms with Crippen molar-refractivity contribution in [2.75, 3.05) is 7.11 Å². The fourth-order valence-electron chi connectivity index (χ4n) is 3.07. The zero-order valence-electron chi connectivity index (χ0n) is 17.2. The maximum Gasteiger partial charge on any atom is 0.263 e. The lowest BCUT2D eigenvalue weighted by atomic mass is 10.2. The average Bonchev–Trinajstić information content (AvgIpc) is 3.35. The Kier molecular flexibility index (Phi) is 6.01. The number of hydrogen-bond acceptors (Lipinski definition) is 6.